The molecule has 0 radical (unpaired) electrons. The molecule has 0 fully saturated rings. The Kier molecular flexibility index (Phi) is 15.3. The molecule has 0 aliphatic carbocycles. The largest absolute Gasteiger partial charge is 0.353 e. The number of carbonyl (C=O) groups excluding carboxylic acids is 4. The summed E-state index contributed by atoms with van der Waals surface area (Å²) >= 11 is 0. The van der Waals surface area contributed by atoms with E-state index in [2.05, 4.69) is 31.6 Å². The molecule has 0 aliphatic heterocycles. The minimum absolute atomic E-state index is 0.0325. The third-order valence-corrected chi connectivity index (χ3v) is 4.50. The quantitative estimate of drug-likeness (QED) is 0.274. The second-order valence-electron chi connectivity index (χ2n) is 6.74. The summed E-state index contributed by atoms with van der Waals surface area (Å²) in [4.78, 5) is 49.9. The number of nitrogens with one attached hydrogen (secondary N) is 1. The molecular formula is C23H35N3O4. The monoisotopic (exact) mass is 417 g/mol. The van der Waals surface area contributed by atoms with Gasteiger partial charge in [0, 0.05) is 39.1 Å². The molecule has 0 aromatic rings. The van der Waals surface area contributed by atoms with Crippen LogP contribution in [0.3, 0.4) is 0 Å². The molecule has 0 saturated heterocycles. The molecule has 0 aromatic heterocycles. The minimum atomic E-state index is -0.246. The van der Waals surface area contributed by atoms with Crippen molar-refractivity contribution in [2.24, 2.45) is 0 Å². The van der Waals surface area contributed by atoms with E-state index in [0.717, 1.165) is 19.3 Å². The molecule has 0 unspecified atom stereocenters. The average molecular weight is 418 g/mol. The van der Waals surface area contributed by atoms with Crippen molar-refractivity contribution in [1.82, 2.24) is 15.1 Å². The molecule has 0 saturated carbocycles. The Morgan fingerprint density at radius 3 is 1.67 bits per heavy atom. The SMILES string of the molecule is C=CC(=O)CCCCCN(CCCN(CCCNC(=O)C=C)C(=O)C=C)C(=O)C=C. The van der Waals surface area contributed by atoms with Crippen LogP contribution in [0.15, 0.2) is 50.6 Å². The summed E-state index contributed by atoms with van der Waals surface area (Å²) in [5.41, 5.74) is 0. The van der Waals surface area contributed by atoms with Crippen molar-refractivity contribution >= 4 is 23.5 Å². The van der Waals surface area contributed by atoms with Gasteiger partial charge in [0.25, 0.3) is 0 Å². The van der Waals surface area contributed by atoms with Gasteiger partial charge in [-0.15, -0.1) is 0 Å². The molecule has 0 heterocycles. The lowest BCUT2D eigenvalue weighted by atomic mass is 10.1. The maximum Gasteiger partial charge on any atom is 0.245 e. The molecular weight excluding hydrogens is 382 g/mol. The number of unbranched alkanes of at least 4 members (excludes halogenated alkanes) is 2. The van der Waals surface area contributed by atoms with Crippen LogP contribution in [0.1, 0.15) is 38.5 Å². The number of hydrogen-bond acceptors (Lipinski definition) is 4. The zero-order valence-corrected chi connectivity index (χ0v) is 17.9. The lowest BCUT2D eigenvalue weighted by molar-refractivity contribution is -0.127. The van der Waals surface area contributed by atoms with Crippen LogP contribution in [0.25, 0.3) is 0 Å². The highest BCUT2D eigenvalue weighted by Crippen LogP contribution is 2.06. The molecule has 30 heavy (non-hydrogen) atoms. The molecule has 0 atom stereocenters. The lowest BCUT2D eigenvalue weighted by Crippen LogP contribution is -2.37. The minimum Gasteiger partial charge on any atom is -0.353 e. The standard InChI is InChI=1S/C23H35N3O4/c1-5-20(27)14-10-9-11-16-25(22(29)7-3)18-13-19-26(23(30)8-4)17-12-15-24-21(28)6-2/h5-8H,1-4,9-19H2,(H,24,28). The lowest BCUT2D eigenvalue weighted by Gasteiger charge is -2.25. The van der Waals surface area contributed by atoms with Gasteiger partial charge in [0.05, 0.1) is 0 Å². The first-order valence-corrected chi connectivity index (χ1v) is 10.3. The van der Waals surface area contributed by atoms with Crippen molar-refractivity contribution in [3.05, 3.63) is 50.6 Å². The molecule has 166 valence electrons. The smallest absolute Gasteiger partial charge is 0.245 e. The molecule has 7 nitrogen and oxygen atoms in total. The van der Waals surface area contributed by atoms with Gasteiger partial charge in [0.15, 0.2) is 5.78 Å². The highest BCUT2D eigenvalue weighted by Gasteiger charge is 2.13. The Balaban J connectivity index is 4.44. The van der Waals surface area contributed by atoms with Gasteiger partial charge in [0.2, 0.25) is 17.7 Å². The predicted molar refractivity (Wildman–Crippen MR) is 120 cm³/mol. The number of ketones is 1. The van der Waals surface area contributed by atoms with Gasteiger partial charge in [-0.05, 0) is 50.0 Å². The van der Waals surface area contributed by atoms with Crippen LogP contribution < -0.4 is 5.32 Å². The molecule has 0 rings (SSSR count). The van der Waals surface area contributed by atoms with Crippen LogP contribution in [0.4, 0.5) is 0 Å². The summed E-state index contributed by atoms with van der Waals surface area (Å²) in [5.74, 6) is -0.543. The van der Waals surface area contributed by atoms with E-state index in [1.165, 1.54) is 24.3 Å². The molecule has 7 heteroatoms. The van der Waals surface area contributed by atoms with Crippen LogP contribution in [0.5, 0.6) is 0 Å². The fraction of sp³-hybridized carbons (Fsp3) is 0.478. The van der Waals surface area contributed by atoms with E-state index in [0.29, 0.717) is 52.0 Å². The van der Waals surface area contributed by atoms with Crippen molar-refractivity contribution in [2.45, 2.75) is 38.5 Å². The van der Waals surface area contributed by atoms with Crippen molar-refractivity contribution in [3.63, 3.8) is 0 Å². The third kappa shape index (κ3) is 12.5. The highest BCUT2D eigenvalue weighted by atomic mass is 16.2. The maximum absolute atomic E-state index is 12.1. The van der Waals surface area contributed by atoms with Gasteiger partial charge in [-0.1, -0.05) is 32.7 Å². The van der Waals surface area contributed by atoms with Gasteiger partial charge in [0.1, 0.15) is 0 Å². The highest BCUT2D eigenvalue weighted by molar-refractivity contribution is 5.89. The van der Waals surface area contributed by atoms with Crippen LogP contribution in [0.2, 0.25) is 0 Å². The topological polar surface area (TPSA) is 86.8 Å². The Labute approximate surface area is 180 Å². The summed E-state index contributed by atoms with van der Waals surface area (Å²) in [6.07, 6.45) is 9.20. The number of hydrogen-bond donors (Lipinski definition) is 1. The van der Waals surface area contributed by atoms with Crippen molar-refractivity contribution in [3.8, 4) is 0 Å². The molecule has 0 aromatic carbocycles. The second kappa shape index (κ2) is 16.9. The van der Waals surface area contributed by atoms with E-state index in [4.69, 9.17) is 0 Å². The summed E-state index contributed by atoms with van der Waals surface area (Å²) in [5, 5.41) is 2.67. The van der Waals surface area contributed by atoms with Crippen LogP contribution in [0, 0.1) is 0 Å². The molecule has 3 amide bonds. The number of allylic oxidation sites excluding steroid dienone is 1. The third-order valence-electron chi connectivity index (χ3n) is 4.50. The summed E-state index contributed by atoms with van der Waals surface area (Å²) < 4.78 is 0. The van der Waals surface area contributed by atoms with Crippen molar-refractivity contribution in [2.75, 3.05) is 32.7 Å². The van der Waals surface area contributed by atoms with E-state index in [-0.39, 0.29) is 23.5 Å². The van der Waals surface area contributed by atoms with E-state index in [1.807, 2.05) is 0 Å². The second-order valence-corrected chi connectivity index (χ2v) is 6.74. The fourth-order valence-electron chi connectivity index (χ4n) is 2.81. The fourth-order valence-corrected chi connectivity index (χ4v) is 2.81. The molecule has 1 N–H and O–H groups in total. The van der Waals surface area contributed by atoms with Crippen LogP contribution in [-0.4, -0.2) is 66.0 Å². The van der Waals surface area contributed by atoms with Gasteiger partial charge in [-0.2, -0.15) is 0 Å². The van der Waals surface area contributed by atoms with Crippen molar-refractivity contribution in [1.29, 1.82) is 0 Å². The number of nitrogens with zero attached hydrogens (tertiary/aromatic N) is 2. The Bertz CT molecular complexity index is 628. The Morgan fingerprint density at radius 2 is 1.17 bits per heavy atom. The van der Waals surface area contributed by atoms with E-state index in [9.17, 15) is 19.2 Å². The average Bonchev–Trinajstić information content (AvgIpc) is 2.77. The number of carbonyl (C=O) groups is 4. The normalized spacial score (nSPS) is 9.87. The first kappa shape index (κ1) is 27.0. The van der Waals surface area contributed by atoms with E-state index >= 15 is 0 Å². The van der Waals surface area contributed by atoms with E-state index < -0.39 is 0 Å². The number of rotatable bonds is 18. The van der Waals surface area contributed by atoms with E-state index in [1.54, 1.807) is 9.80 Å². The van der Waals surface area contributed by atoms with Gasteiger partial charge in [-0.3, -0.25) is 19.2 Å². The number of amides is 3. The molecule has 0 bridgehead atoms. The van der Waals surface area contributed by atoms with Gasteiger partial charge >= 0.3 is 0 Å². The first-order chi connectivity index (χ1) is 14.4. The maximum atomic E-state index is 12.1. The van der Waals surface area contributed by atoms with Crippen LogP contribution >= 0.6 is 0 Å². The Morgan fingerprint density at radius 1 is 0.633 bits per heavy atom. The first-order valence-electron chi connectivity index (χ1n) is 10.3. The van der Waals surface area contributed by atoms with Crippen LogP contribution in [-0.2, 0) is 19.2 Å². The van der Waals surface area contributed by atoms with Crippen molar-refractivity contribution < 1.29 is 19.2 Å². The molecule has 0 spiro atoms. The summed E-state index contributed by atoms with van der Waals surface area (Å²) in [7, 11) is 0. The summed E-state index contributed by atoms with van der Waals surface area (Å²) in [6.45, 7) is 16.4. The van der Waals surface area contributed by atoms with Gasteiger partial charge in [-0.25, -0.2) is 0 Å². The molecule has 0 aliphatic rings. The Hall–Kier alpha value is -2.96. The van der Waals surface area contributed by atoms with Gasteiger partial charge < -0.3 is 15.1 Å². The predicted octanol–water partition coefficient (Wildman–Crippen LogP) is 2.41. The zero-order chi connectivity index (χ0) is 22.8. The summed E-state index contributed by atoms with van der Waals surface area (Å²) in [6, 6.07) is 0. The zero-order valence-electron chi connectivity index (χ0n) is 17.9.